The maximum Gasteiger partial charge on any atom is 0.326 e. The molecule has 0 aliphatic carbocycles. The molecule has 1 amide bonds. The van der Waals surface area contributed by atoms with E-state index >= 15 is 4.39 Å². The number of piperidine rings is 1. The van der Waals surface area contributed by atoms with E-state index in [0.717, 1.165) is 47.9 Å². The highest BCUT2D eigenvalue weighted by Crippen LogP contribution is 2.40. The number of ether oxygens (including phenoxy) is 1. The summed E-state index contributed by atoms with van der Waals surface area (Å²) in [6.45, 7) is 2.78. The normalized spacial score (nSPS) is 21.0. The van der Waals surface area contributed by atoms with Crippen molar-refractivity contribution in [3.63, 3.8) is 0 Å². The minimum absolute atomic E-state index is 0.130. The number of hydrogen-bond acceptors (Lipinski definition) is 6. The first-order valence-electron chi connectivity index (χ1n) is 11.2. The molecule has 2 saturated heterocycles. The van der Waals surface area contributed by atoms with E-state index in [1.807, 2.05) is 35.1 Å². The first kappa shape index (κ1) is 22.1. The third-order valence-electron chi connectivity index (χ3n) is 6.56. The van der Waals surface area contributed by atoms with Crippen LogP contribution in [0.15, 0.2) is 36.4 Å². The lowest BCUT2D eigenvalue weighted by molar-refractivity contribution is -0.117. The average molecular weight is 475 g/mol. The van der Waals surface area contributed by atoms with Gasteiger partial charge in [0.1, 0.15) is 24.6 Å². The van der Waals surface area contributed by atoms with Gasteiger partial charge in [-0.3, -0.25) is 9.69 Å². The predicted octanol–water partition coefficient (Wildman–Crippen LogP) is 1.70. The molecule has 0 radical (unpaired) electrons. The summed E-state index contributed by atoms with van der Waals surface area (Å²) in [5, 5.41) is 3.35. The Bertz CT molecular complexity index is 1150. The number of carbonyl (C=O) groups is 1. The number of rotatable bonds is 5. The number of nitrogens with one attached hydrogen (secondary N) is 2. The molecule has 33 heavy (non-hydrogen) atoms. The van der Waals surface area contributed by atoms with Crippen molar-refractivity contribution in [1.82, 2.24) is 14.9 Å². The molecule has 10 heteroatoms. The molecular formula is C23H27FN4O4S. The van der Waals surface area contributed by atoms with Crippen LogP contribution in [0, 0.1) is 5.82 Å². The summed E-state index contributed by atoms with van der Waals surface area (Å²) in [6, 6.07) is 11.5. The molecule has 0 spiro atoms. The van der Waals surface area contributed by atoms with Gasteiger partial charge in [0.2, 0.25) is 0 Å². The molecule has 176 valence electrons. The molecular weight excluding hydrogens is 447 g/mol. The van der Waals surface area contributed by atoms with Crippen molar-refractivity contribution in [2.24, 2.45) is 0 Å². The molecule has 0 saturated carbocycles. The second-order valence-electron chi connectivity index (χ2n) is 8.69. The first-order chi connectivity index (χ1) is 15.9. The number of anilines is 1. The zero-order chi connectivity index (χ0) is 23.0. The van der Waals surface area contributed by atoms with Gasteiger partial charge in [-0.15, -0.1) is 0 Å². The van der Waals surface area contributed by atoms with Crippen molar-refractivity contribution < 1.29 is 22.3 Å². The maximum atomic E-state index is 16.0. The quantitative estimate of drug-likeness (QED) is 0.686. The van der Waals surface area contributed by atoms with Crippen molar-refractivity contribution in [1.29, 1.82) is 0 Å². The minimum atomic E-state index is -4.19. The van der Waals surface area contributed by atoms with E-state index in [1.165, 1.54) is 0 Å². The van der Waals surface area contributed by atoms with E-state index in [9.17, 15) is 13.2 Å². The summed E-state index contributed by atoms with van der Waals surface area (Å²) in [7, 11) is -4.19. The van der Waals surface area contributed by atoms with Crippen LogP contribution in [-0.2, 0) is 34.6 Å². The molecule has 0 aromatic heterocycles. The number of halogens is 1. The Labute approximate surface area is 192 Å². The van der Waals surface area contributed by atoms with Crippen LogP contribution < -0.4 is 19.1 Å². The molecule has 5 rings (SSSR count). The third-order valence-corrected chi connectivity index (χ3v) is 7.94. The van der Waals surface area contributed by atoms with E-state index in [0.29, 0.717) is 24.6 Å². The van der Waals surface area contributed by atoms with Gasteiger partial charge in [-0.1, -0.05) is 30.3 Å². The lowest BCUT2D eigenvalue weighted by Crippen LogP contribution is -2.45. The summed E-state index contributed by atoms with van der Waals surface area (Å²) < 4.78 is 49.9. The highest BCUT2D eigenvalue weighted by molar-refractivity contribution is 7.92. The van der Waals surface area contributed by atoms with Gasteiger partial charge < -0.3 is 10.1 Å². The fourth-order valence-corrected chi connectivity index (χ4v) is 6.01. The largest absolute Gasteiger partial charge is 0.487 e. The van der Waals surface area contributed by atoms with Gasteiger partial charge in [-0.05, 0) is 49.5 Å². The molecule has 2 aromatic carbocycles. The molecule has 3 aliphatic heterocycles. The Morgan fingerprint density at radius 1 is 1.12 bits per heavy atom. The first-order valence-corrected chi connectivity index (χ1v) is 12.7. The number of amides is 1. The van der Waals surface area contributed by atoms with E-state index in [2.05, 4.69) is 10.2 Å². The minimum Gasteiger partial charge on any atom is -0.487 e. The average Bonchev–Trinajstić information content (AvgIpc) is 3.10. The van der Waals surface area contributed by atoms with Crippen molar-refractivity contribution in [2.75, 3.05) is 30.5 Å². The monoisotopic (exact) mass is 474 g/mol. The van der Waals surface area contributed by atoms with Crippen LogP contribution in [0.2, 0.25) is 0 Å². The molecule has 2 aromatic rings. The topological polar surface area (TPSA) is 91.0 Å². The van der Waals surface area contributed by atoms with E-state index in [-0.39, 0.29) is 18.0 Å². The molecule has 2 N–H and O–H groups in total. The van der Waals surface area contributed by atoms with Crippen LogP contribution in [0.5, 0.6) is 5.75 Å². The lowest BCUT2D eigenvalue weighted by Gasteiger charge is -2.38. The van der Waals surface area contributed by atoms with Gasteiger partial charge >= 0.3 is 10.2 Å². The maximum absolute atomic E-state index is 16.0. The fourth-order valence-electron chi connectivity index (χ4n) is 4.85. The Kier molecular flexibility index (Phi) is 5.98. The molecule has 0 bridgehead atoms. The predicted molar refractivity (Wildman–Crippen MR) is 122 cm³/mol. The Morgan fingerprint density at radius 2 is 1.88 bits per heavy atom. The Balaban J connectivity index is 1.52. The van der Waals surface area contributed by atoms with Crippen molar-refractivity contribution in [2.45, 2.75) is 38.5 Å². The fraction of sp³-hybridized carbons (Fsp3) is 0.435. The van der Waals surface area contributed by atoms with Gasteiger partial charge in [-0.25, -0.2) is 13.4 Å². The molecule has 0 atom stereocenters. The van der Waals surface area contributed by atoms with Crippen LogP contribution >= 0.6 is 0 Å². The molecule has 3 heterocycles. The number of fused-ring (bicyclic) bond motifs is 1. The van der Waals surface area contributed by atoms with Gasteiger partial charge in [0.05, 0.1) is 0 Å². The standard InChI is InChI=1S/C23H27FN4O4S/c24-22-19-13-27(18-6-9-25-10-7-18)11-8-17(19)12-20(32-15-16-4-2-1-3-5-16)23(22)28-14-21(29)26-33(28,30)31/h1-5,12,18,25H,6-11,13-15H2,(H,26,29). The molecule has 8 nitrogen and oxygen atoms in total. The zero-order valence-corrected chi connectivity index (χ0v) is 19.0. The number of benzene rings is 2. The van der Waals surface area contributed by atoms with Crippen molar-refractivity contribution in [3.05, 3.63) is 58.9 Å². The van der Waals surface area contributed by atoms with E-state index in [4.69, 9.17) is 4.74 Å². The van der Waals surface area contributed by atoms with Crippen LogP contribution in [0.3, 0.4) is 0 Å². The summed E-state index contributed by atoms with van der Waals surface area (Å²) >= 11 is 0. The molecule has 3 aliphatic rings. The van der Waals surface area contributed by atoms with Gasteiger partial charge in [0, 0.05) is 24.7 Å². The van der Waals surface area contributed by atoms with E-state index < -0.39 is 28.5 Å². The Hall–Kier alpha value is -2.69. The third kappa shape index (κ3) is 4.42. The Morgan fingerprint density at radius 3 is 2.58 bits per heavy atom. The SMILES string of the molecule is O=C1CN(c2c(OCc3ccccc3)cc3c(c2F)CN(C2CCNCC2)CC3)S(=O)(=O)N1. The second-order valence-corrected chi connectivity index (χ2v) is 10.3. The highest BCUT2D eigenvalue weighted by Gasteiger charge is 2.39. The van der Waals surface area contributed by atoms with Crippen LogP contribution in [-0.4, -0.2) is 51.4 Å². The van der Waals surface area contributed by atoms with Crippen LogP contribution in [0.1, 0.15) is 29.5 Å². The lowest BCUT2D eigenvalue weighted by atomic mass is 9.94. The van der Waals surface area contributed by atoms with Crippen LogP contribution in [0.25, 0.3) is 0 Å². The summed E-state index contributed by atoms with van der Waals surface area (Å²) in [5.74, 6) is -1.20. The number of hydrogen-bond donors (Lipinski definition) is 2. The van der Waals surface area contributed by atoms with E-state index in [1.54, 1.807) is 6.07 Å². The van der Waals surface area contributed by atoms with Gasteiger partial charge in [0.15, 0.2) is 5.82 Å². The zero-order valence-electron chi connectivity index (χ0n) is 18.2. The van der Waals surface area contributed by atoms with Crippen molar-refractivity contribution >= 4 is 21.8 Å². The second kappa shape index (κ2) is 8.92. The molecule has 2 fully saturated rings. The number of carbonyl (C=O) groups excluding carboxylic acids is 1. The smallest absolute Gasteiger partial charge is 0.326 e. The van der Waals surface area contributed by atoms with Crippen molar-refractivity contribution in [3.8, 4) is 5.75 Å². The van der Waals surface area contributed by atoms with Gasteiger partial charge in [0.25, 0.3) is 5.91 Å². The van der Waals surface area contributed by atoms with Crippen LogP contribution in [0.4, 0.5) is 10.1 Å². The summed E-state index contributed by atoms with van der Waals surface area (Å²) in [6.07, 6.45) is 2.66. The molecule has 0 unspecified atom stereocenters. The number of nitrogens with zero attached hydrogens (tertiary/aromatic N) is 2. The summed E-state index contributed by atoms with van der Waals surface area (Å²) in [5.41, 5.74) is 1.98. The summed E-state index contributed by atoms with van der Waals surface area (Å²) in [4.78, 5) is 14.2. The van der Waals surface area contributed by atoms with Gasteiger partial charge in [-0.2, -0.15) is 8.42 Å². The highest BCUT2D eigenvalue weighted by atomic mass is 32.2.